The van der Waals surface area contributed by atoms with Crippen LogP contribution in [0.5, 0.6) is 5.75 Å². The van der Waals surface area contributed by atoms with Gasteiger partial charge >= 0.3 is 0 Å². The number of ether oxygens (including phenoxy) is 1. The number of benzene rings is 2. The molecule has 5 rings (SSSR count). The lowest BCUT2D eigenvalue weighted by Gasteiger charge is -2.44. The Morgan fingerprint density at radius 3 is 2.58 bits per heavy atom. The second kappa shape index (κ2) is 8.54. The van der Waals surface area contributed by atoms with Crippen molar-refractivity contribution >= 4 is 17.7 Å². The molecule has 0 bridgehead atoms. The van der Waals surface area contributed by atoms with E-state index >= 15 is 0 Å². The van der Waals surface area contributed by atoms with Crippen molar-refractivity contribution in [2.45, 2.75) is 43.7 Å². The SMILES string of the molecule is COc1cccc(C2C(C(=O)N3CCCC(C(N)=O)C3)c3ccccc3C(=O)N2C2CC2)c1. The molecule has 1 saturated carbocycles. The molecule has 1 aliphatic carbocycles. The second-order valence-corrected chi connectivity index (χ2v) is 9.26. The molecule has 2 N–H and O–H groups in total. The van der Waals surface area contributed by atoms with Gasteiger partial charge in [0.2, 0.25) is 11.8 Å². The zero-order valence-corrected chi connectivity index (χ0v) is 18.8. The highest BCUT2D eigenvalue weighted by molar-refractivity contribution is 6.01. The number of nitrogens with two attached hydrogens (primary N) is 1. The number of fused-ring (bicyclic) bond motifs is 1. The zero-order chi connectivity index (χ0) is 23.1. The van der Waals surface area contributed by atoms with Crippen molar-refractivity contribution in [3.63, 3.8) is 0 Å². The number of hydrogen-bond acceptors (Lipinski definition) is 4. The zero-order valence-electron chi connectivity index (χ0n) is 18.8. The molecular weight excluding hydrogens is 418 g/mol. The Labute approximate surface area is 193 Å². The summed E-state index contributed by atoms with van der Waals surface area (Å²) in [5, 5.41) is 0. The first-order chi connectivity index (χ1) is 16.0. The van der Waals surface area contributed by atoms with Crippen molar-refractivity contribution in [2.24, 2.45) is 11.7 Å². The summed E-state index contributed by atoms with van der Waals surface area (Å²) >= 11 is 0. The lowest BCUT2D eigenvalue weighted by molar-refractivity contribution is -0.138. The van der Waals surface area contributed by atoms with E-state index in [1.54, 1.807) is 12.0 Å². The summed E-state index contributed by atoms with van der Waals surface area (Å²) in [6, 6.07) is 14.8. The maximum Gasteiger partial charge on any atom is 0.254 e. The first kappa shape index (κ1) is 21.5. The Balaban J connectivity index is 1.62. The Morgan fingerprint density at radius 1 is 1.06 bits per heavy atom. The second-order valence-electron chi connectivity index (χ2n) is 9.26. The van der Waals surface area contributed by atoms with E-state index in [-0.39, 0.29) is 29.7 Å². The molecule has 33 heavy (non-hydrogen) atoms. The molecule has 3 unspecified atom stereocenters. The molecule has 7 nitrogen and oxygen atoms in total. The van der Waals surface area contributed by atoms with Crippen molar-refractivity contribution in [3.05, 3.63) is 65.2 Å². The fourth-order valence-electron chi connectivity index (χ4n) is 5.36. The molecule has 7 heteroatoms. The van der Waals surface area contributed by atoms with Gasteiger partial charge in [-0.05, 0) is 55.0 Å². The number of nitrogens with zero attached hydrogens (tertiary/aromatic N) is 2. The number of methoxy groups -OCH3 is 1. The van der Waals surface area contributed by atoms with Gasteiger partial charge < -0.3 is 20.3 Å². The number of primary amides is 1. The molecule has 0 aromatic heterocycles. The smallest absolute Gasteiger partial charge is 0.254 e. The van der Waals surface area contributed by atoms with Crippen molar-refractivity contribution in [3.8, 4) is 5.75 Å². The predicted octanol–water partition coefficient (Wildman–Crippen LogP) is 2.86. The van der Waals surface area contributed by atoms with E-state index in [0.717, 1.165) is 30.4 Å². The van der Waals surface area contributed by atoms with Crippen LogP contribution in [0.1, 0.15) is 59.1 Å². The molecule has 2 aliphatic heterocycles. The topological polar surface area (TPSA) is 92.9 Å². The van der Waals surface area contributed by atoms with Crippen LogP contribution in [0.3, 0.4) is 0 Å². The van der Waals surface area contributed by atoms with E-state index in [1.165, 1.54) is 0 Å². The van der Waals surface area contributed by atoms with Crippen LogP contribution in [0.15, 0.2) is 48.5 Å². The molecule has 2 fully saturated rings. The highest BCUT2D eigenvalue weighted by Crippen LogP contribution is 2.48. The molecule has 2 heterocycles. The van der Waals surface area contributed by atoms with Crippen LogP contribution in [0, 0.1) is 5.92 Å². The van der Waals surface area contributed by atoms with Crippen LogP contribution < -0.4 is 10.5 Å². The Morgan fingerprint density at radius 2 is 1.85 bits per heavy atom. The van der Waals surface area contributed by atoms with Crippen LogP contribution in [-0.4, -0.2) is 53.8 Å². The minimum atomic E-state index is -0.557. The molecule has 2 aromatic rings. The quantitative estimate of drug-likeness (QED) is 0.763. The molecule has 1 saturated heterocycles. The van der Waals surface area contributed by atoms with Gasteiger partial charge in [0, 0.05) is 24.7 Å². The van der Waals surface area contributed by atoms with Crippen LogP contribution >= 0.6 is 0 Å². The Kier molecular flexibility index (Phi) is 5.56. The highest BCUT2D eigenvalue weighted by atomic mass is 16.5. The molecule has 172 valence electrons. The minimum Gasteiger partial charge on any atom is -0.497 e. The van der Waals surface area contributed by atoms with Gasteiger partial charge in [0.15, 0.2) is 0 Å². The summed E-state index contributed by atoms with van der Waals surface area (Å²) in [4.78, 5) is 43.3. The molecule has 3 atom stereocenters. The third-order valence-corrected chi connectivity index (χ3v) is 7.15. The highest BCUT2D eigenvalue weighted by Gasteiger charge is 2.50. The number of hydrogen-bond donors (Lipinski definition) is 1. The molecule has 2 aromatic carbocycles. The molecular formula is C26H29N3O4. The van der Waals surface area contributed by atoms with Crippen molar-refractivity contribution < 1.29 is 19.1 Å². The predicted molar refractivity (Wildman–Crippen MR) is 123 cm³/mol. The summed E-state index contributed by atoms with van der Waals surface area (Å²) in [5.74, 6) is -0.655. The van der Waals surface area contributed by atoms with Crippen molar-refractivity contribution in [2.75, 3.05) is 20.2 Å². The van der Waals surface area contributed by atoms with Gasteiger partial charge in [-0.2, -0.15) is 0 Å². The normalized spacial score (nSPS) is 24.9. The van der Waals surface area contributed by atoms with Crippen LogP contribution in [-0.2, 0) is 9.59 Å². The number of rotatable bonds is 5. The monoisotopic (exact) mass is 447 g/mol. The fourth-order valence-corrected chi connectivity index (χ4v) is 5.36. The third kappa shape index (κ3) is 3.86. The summed E-state index contributed by atoms with van der Waals surface area (Å²) in [6.07, 6.45) is 3.31. The number of carbonyl (C=O) groups is 3. The Hall–Kier alpha value is -3.35. The maximum absolute atomic E-state index is 14.1. The Bertz CT molecular complexity index is 1100. The molecule has 3 amide bonds. The van der Waals surface area contributed by atoms with E-state index in [0.29, 0.717) is 30.8 Å². The fraction of sp³-hybridized carbons (Fsp3) is 0.423. The maximum atomic E-state index is 14.1. The van der Waals surface area contributed by atoms with Crippen LogP contribution in [0.4, 0.5) is 0 Å². The third-order valence-electron chi connectivity index (χ3n) is 7.15. The minimum absolute atomic E-state index is 0.0290. The van der Waals surface area contributed by atoms with Gasteiger partial charge in [0.1, 0.15) is 5.75 Å². The van der Waals surface area contributed by atoms with E-state index < -0.39 is 12.0 Å². The average molecular weight is 448 g/mol. The first-order valence-corrected chi connectivity index (χ1v) is 11.6. The average Bonchev–Trinajstić information content (AvgIpc) is 3.69. The lowest BCUT2D eigenvalue weighted by atomic mass is 9.78. The van der Waals surface area contributed by atoms with Gasteiger partial charge in [0.05, 0.1) is 25.0 Å². The first-order valence-electron chi connectivity index (χ1n) is 11.6. The summed E-state index contributed by atoms with van der Waals surface area (Å²) < 4.78 is 5.46. The van der Waals surface area contributed by atoms with Gasteiger partial charge in [-0.1, -0.05) is 30.3 Å². The summed E-state index contributed by atoms with van der Waals surface area (Å²) in [7, 11) is 1.61. The van der Waals surface area contributed by atoms with Gasteiger partial charge in [-0.25, -0.2) is 0 Å². The number of carbonyl (C=O) groups excluding carboxylic acids is 3. The van der Waals surface area contributed by atoms with Crippen LogP contribution in [0.2, 0.25) is 0 Å². The van der Waals surface area contributed by atoms with E-state index in [9.17, 15) is 14.4 Å². The molecule has 3 aliphatic rings. The molecule has 0 radical (unpaired) electrons. The standard InChI is InChI=1S/C26H29N3O4/c1-33-19-8-4-6-16(14-19)23-22(26(32)28-13-5-7-17(15-28)24(27)30)20-9-2-3-10-21(20)25(31)29(23)18-11-12-18/h2-4,6,8-10,14,17-18,22-23H,5,7,11-13,15H2,1H3,(H2,27,30). The van der Waals surface area contributed by atoms with E-state index in [4.69, 9.17) is 10.5 Å². The van der Waals surface area contributed by atoms with Gasteiger partial charge in [-0.3, -0.25) is 14.4 Å². The summed E-state index contributed by atoms with van der Waals surface area (Å²) in [5.41, 5.74) is 7.80. The van der Waals surface area contributed by atoms with E-state index in [2.05, 4.69) is 0 Å². The van der Waals surface area contributed by atoms with Gasteiger partial charge in [0.25, 0.3) is 5.91 Å². The van der Waals surface area contributed by atoms with E-state index in [1.807, 2.05) is 53.4 Å². The number of amides is 3. The summed E-state index contributed by atoms with van der Waals surface area (Å²) in [6.45, 7) is 0.915. The van der Waals surface area contributed by atoms with Crippen molar-refractivity contribution in [1.82, 2.24) is 9.80 Å². The van der Waals surface area contributed by atoms with Crippen LogP contribution in [0.25, 0.3) is 0 Å². The lowest BCUT2D eigenvalue weighted by Crippen LogP contribution is -2.51. The van der Waals surface area contributed by atoms with Crippen molar-refractivity contribution in [1.29, 1.82) is 0 Å². The number of likely N-dealkylation sites (tertiary alicyclic amines) is 1. The number of piperidine rings is 1. The van der Waals surface area contributed by atoms with Gasteiger partial charge in [-0.15, -0.1) is 0 Å². The molecule has 0 spiro atoms. The largest absolute Gasteiger partial charge is 0.497 e.